The number of nitrogens with two attached hydrogens (primary N) is 1. The number of unbranched alkanes of at least 4 members (excludes halogenated alkanes) is 1. The van der Waals surface area contributed by atoms with Crippen molar-refractivity contribution in [2.45, 2.75) is 45.6 Å². The van der Waals surface area contributed by atoms with E-state index in [9.17, 15) is 0 Å². The first-order valence-corrected chi connectivity index (χ1v) is 6.82. The fraction of sp³-hybridized carbons (Fsp3) is 0.571. The Kier molecular flexibility index (Phi) is 6.56. The normalized spacial score (nSPS) is 14.6. The minimum atomic E-state index is 0.153. The second-order valence-corrected chi connectivity index (χ2v) is 4.88. The molecular weight excluding hydrogens is 232 g/mol. The van der Waals surface area contributed by atoms with Crippen LogP contribution in [0.1, 0.15) is 51.1 Å². The highest BCUT2D eigenvalue weighted by Crippen LogP contribution is 2.32. The van der Waals surface area contributed by atoms with Crippen molar-refractivity contribution in [2.75, 3.05) is 0 Å². The van der Waals surface area contributed by atoms with Gasteiger partial charge < -0.3 is 0 Å². The summed E-state index contributed by atoms with van der Waals surface area (Å²) in [5, 5.41) is 0.797. The van der Waals surface area contributed by atoms with Crippen molar-refractivity contribution in [3.05, 3.63) is 34.9 Å². The van der Waals surface area contributed by atoms with Crippen LogP contribution >= 0.6 is 11.6 Å². The molecule has 0 amide bonds. The number of nitrogens with one attached hydrogen (secondary N) is 1. The van der Waals surface area contributed by atoms with Gasteiger partial charge in [0.2, 0.25) is 0 Å². The average Bonchev–Trinajstić information content (AvgIpc) is 2.36. The third-order valence-corrected chi connectivity index (χ3v) is 3.69. The molecule has 1 aromatic carbocycles. The number of hydrogen-bond acceptors (Lipinski definition) is 2. The van der Waals surface area contributed by atoms with E-state index >= 15 is 0 Å². The minimum Gasteiger partial charge on any atom is -0.271 e. The van der Waals surface area contributed by atoms with Crippen LogP contribution in [-0.2, 0) is 0 Å². The van der Waals surface area contributed by atoms with Crippen LogP contribution < -0.4 is 11.3 Å². The maximum atomic E-state index is 6.24. The van der Waals surface area contributed by atoms with Crippen molar-refractivity contribution in [1.29, 1.82) is 0 Å². The minimum absolute atomic E-state index is 0.153. The second-order valence-electron chi connectivity index (χ2n) is 4.48. The van der Waals surface area contributed by atoms with Crippen LogP contribution in [0.2, 0.25) is 5.02 Å². The number of hydrogen-bond donors (Lipinski definition) is 2. The first-order chi connectivity index (χ1) is 8.24. The molecule has 1 rings (SSSR count). The highest BCUT2D eigenvalue weighted by atomic mass is 35.5. The van der Waals surface area contributed by atoms with E-state index in [1.165, 1.54) is 19.3 Å². The third-order valence-electron chi connectivity index (χ3n) is 3.34. The van der Waals surface area contributed by atoms with Crippen molar-refractivity contribution < 1.29 is 0 Å². The van der Waals surface area contributed by atoms with Gasteiger partial charge in [-0.25, -0.2) is 0 Å². The second kappa shape index (κ2) is 7.70. The van der Waals surface area contributed by atoms with Crippen molar-refractivity contribution in [1.82, 2.24) is 5.43 Å². The Labute approximate surface area is 110 Å². The fourth-order valence-corrected chi connectivity index (χ4v) is 2.53. The van der Waals surface area contributed by atoms with E-state index in [2.05, 4.69) is 25.3 Å². The zero-order valence-corrected chi connectivity index (χ0v) is 11.5. The molecule has 0 spiro atoms. The third kappa shape index (κ3) is 3.98. The van der Waals surface area contributed by atoms with Crippen LogP contribution in [0.15, 0.2) is 24.3 Å². The predicted octanol–water partition coefficient (Wildman–Crippen LogP) is 4.06. The molecule has 0 saturated heterocycles. The molecule has 0 bridgehead atoms. The van der Waals surface area contributed by atoms with Gasteiger partial charge in [0.1, 0.15) is 0 Å². The van der Waals surface area contributed by atoms with E-state index in [-0.39, 0.29) is 6.04 Å². The fourth-order valence-electron chi connectivity index (χ4n) is 2.28. The molecule has 2 unspecified atom stereocenters. The van der Waals surface area contributed by atoms with Crippen molar-refractivity contribution in [3.63, 3.8) is 0 Å². The summed E-state index contributed by atoms with van der Waals surface area (Å²) in [7, 11) is 0. The molecule has 2 atom stereocenters. The maximum absolute atomic E-state index is 6.24. The number of rotatable bonds is 7. The molecule has 0 aromatic heterocycles. The van der Waals surface area contributed by atoms with Crippen molar-refractivity contribution >= 4 is 11.6 Å². The largest absolute Gasteiger partial charge is 0.271 e. The molecule has 3 heteroatoms. The van der Waals surface area contributed by atoms with E-state index in [1.807, 2.05) is 18.2 Å². The maximum Gasteiger partial charge on any atom is 0.0502 e. The molecule has 96 valence electrons. The Morgan fingerprint density at radius 3 is 2.53 bits per heavy atom. The zero-order chi connectivity index (χ0) is 12.7. The lowest BCUT2D eigenvalue weighted by molar-refractivity contribution is 0.327. The van der Waals surface area contributed by atoms with Gasteiger partial charge in [0, 0.05) is 5.02 Å². The summed E-state index contributed by atoms with van der Waals surface area (Å²) in [6, 6.07) is 8.10. The molecule has 0 saturated carbocycles. The molecule has 0 radical (unpaired) electrons. The van der Waals surface area contributed by atoms with Crippen LogP contribution in [0, 0.1) is 5.92 Å². The first-order valence-electron chi connectivity index (χ1n) is 6.45. The van der Waals surface area contributed by atoms with Crippen LogP contribution in [0.5, 0.6) is 0 Å². The summed E-state index contributed by atoms with van der Waals surface area (Å²) in [4.78, 5) is 0. The molecule has 0 aliphatic rings. The standard InChI is InChI=1S/C14H23ClN2/c1-3-5-8-11(4-2)14(17-16)12-9-6-7-10-13(12)15/h6-7,9-11,14,17H,3-5,8,16H2,1-2H3. The van der Waals surface area contributed by atoms with Crippen LogP contribution in [0.4, 0.5) is 0 Å². The summed E-state index contributed by atoms with van der Waals surface area (Å²) in [6.07, 6.45) is 4.75. The topological polar surface area (TPSA) is 38.0 Å². The molecule has 0 aliphatic carbocycles. The smallest absolute Gasteiger partial charge is 0.0502 e. The Hall–Kier alpha value is -0.570. The van der Waals surface area contributed by atoms with Gasteiger partial charge in [-0.1, -0.05) is 62.9 Å². The molecule has 1 aromatic rings. The van der Waals surface area contributed by atoms with Crippen LogP contribution in [-0.4, -0.2) is 0 Å². The van der Waals surface area contributed by atoms with Crippen molar-refractivity contribution in [2.24, 2.45) is 11.8 Å². The van der Waals surface area contributed by atoms with Gasteiger partial charge in [-0.2, -0.15) is 0 Å². The van der Waals surface area contributed by atoms with E-state index in [4.69, 9.17) is 17.4 Å². The Morgan fingerprint density at radius 1 is 1.29 bits per heavy atom. The van der Waals surface area contributed by atoms with Gasteiger partial charge >= 0.3 is 0 Å². The Balaban J connectivity index is 2.85. The molecular formula is C14H23ClN2. The average molecular weight is 255 g/mol. The van der Waals surface area contributed by atoms with Crippen LogP contribution in [0.25, 0.3) is 0 Å². The molecule has 0 aliphatic heterocycles. The number of hydrazine groups is 1. The SMILES string of the molecule is CCCCC(CC)C(NN)c1ccccc1Cl. The van der Waals surface area contributed by atoms with Crippen molar-refractivity contribution in [3.8, 4) is 0 Å². The number of halogens is 1. The van der Waals surface area contributed by atoms with Gasteiger partial charge in [0.25, 0.3) is 0 Å². The summed E-state index contributed by atoms with van der Waals surface area (Å²) < 4.78 is 0. The molecule has 17 heavy (non-hydrogen) atoms. The molecule has 2 nitrogen and oxygen atoms in total. The van der Waals surface area contributed by atoms with E-state index in [0.717, 1.165) is 17.0 Å². The Morgan fingerprint density at radius 2 is 2.00 bits per heavy atom. The quantitative estimate of drug-likeness (QED) is 0.569. The molecule has 0 heterocycles. The predicted molar refractivity (Wildman–Crippen MR) is 74.8 cm³/mol. The highest BCUT2D eigenvalue weighted by molar-refractivity contribution is 6.31. The monoisotopic (exact) mass is 254 g/mol. The lowest BCUT2D eigenvalue weighted by Crippen LogP contribution is -2.33. The van der Waals surface area contributed by atoms with Crippen LogP contribution in [0.3, 0.4) is 0 Å². The van der Waals surface area contributed by atoms with E-state index in [0.29, 0.717) is 5.92 Å². The lowest BCUT2D eigenvalue weighted by atomic mass is 9.87. The van der Waals surface area contributed by atoms with E-state index in [1.54, 1.807) is 0 Å². The molecule has 0 fully saturated rings. The first kappa shape index (κ1) is 14.5. The number of benzene rings is 1. The Bertz CT molecular complexity index is 328. The summed E-state index contributed by atoms with van der Waals surface area (Å²) >= 11 is 6.24. The molecule has 3 N–H and O–H groups in total. The summed E-state index contributed by atoms with van der Waals surface area (Å²) in [5.41, 5.74) is 4.05. The summed E-state index contributed by atoms with van der Waals surface area (Å²) in [5.74, 6) is 6.25. The zero-order valence-electron chi connectivity index (χ0n) is 10.7. The summed E-state index contributed by atoms with van der Waals surface area (Å²) in [6.45, 7) is 4.43. The van der Waals surface area contributed by atoms with Gasteiger partial charge in [-0.15, -0.1) is 0 Å². The van der Waals surface area contributed by atoms with Gasteiger partial charge in [0.05, 0.1) is 6.04 Å². The van der Waals surface area contributed by atoms with Gasteiger partial charge in [0.15, 0.2) is 0 Å². The van der Waals surface area contributed by atoms with E-state index < -0.39 is 0 Å². The highest BCUT2D eigenvalue weighted by Gasteiger charge is 2.21. The lowest BCUT2D eigenvalue weighted by Gasteiger charge is -2.26. The van der Waals surface area contributed by atoms with Gasteiger partial charge in [-0.05, 0) is 24.0 Å². The van der Waals surface area contributed by atoms with Gasteiger partial charge in [-0.3, -0.25) is 11.3 Å².